The molecule has 0 aliphatic heterocycles. The van der Waals surface area contributed by atoms with Crippen LogP contribution in [0.2, 0.25) is 0 Å². The highest BCUT2D eigenvalue weighted by atomic mass is 16.1. The van der Waals surface area contributed by atoms with Crippen LogP contribution in [-0.2, 0) is 4.79 Å². The molecule has 0 atom stereocenters. The molecule has 0 aromatic carbocycles. The summed E-state index contributed by atoms with van der Waals surface area (Å²) in [6.07, 6.45) is 1.84. The number of rotatable bonds is 4. The number of nitrogens with two attached hydrogens (primary N) is 1. The molecule has 0 aromatic heterocycles. The molecule has 3 nitrogen and oxygen atoms in total. The standard InChI is InChI=1S/C9H18N2O/c1-6(2)5-8(9(10)12)11-7(3)4/h5-7,11H,1-4H3,(H2,10,12). The second kappa shape index (κ2) is 4.80. The van der Waals surface area contributed by atoms with E-state index >= 15 is 0 Å². The predicted molar refractivity (Wildman–Crippen MR) is 50.4 cm³/mol. The smallest absolute Gasteiger partial charge is 0.264 e. The summed E-state index contributed by atoms with van der Waals surface area (Å²) in [5.74, 6) is -0.0591. The van der Waals surface area contributed by atoms with E-state index in [-0.39, 0.29) is 6.04 Å². The largest absolute Gasteiger partial charge is 0.379 e. The number of carbonyl (C=O) groups excluding carboxylic acids is 1. The SMILES string of the molecule is CC(C)C=C(NC(C)C)C(N)=O. The lowest BCUT2D eigenvalue weighted by atomic mass is 10.1. The van der Waals surface area contributed by atoms with E-state index in [9.17, 15) is 4.79 Å². The van der Waals surface area contributed by atoms with Gasteiger partial charge in [-0.2, -0.15) is 0 Å². The Morgan fingerprint density at radius 1 is 1.33 bits per heavy atom. The van der Waals surface area contributed by atoms with E-state index in [4.69, 9.17) is 5.73 Å². The maximum atomic E-state index is 10.9. The molecule has 0 saturated carbocycles. The van der Waals surface area contributed by atoms with Crippen LogP contribution in [-0.4, -0.2) is 11.9 Å². The van der Waals surface area contributed by atoms with Gasteiger partial charge in [0.25, 0.3) is 5.91 Å². The van der Waals surface area contributed by atoms with Crippen molar-refractivity contribution in [2.45, 2.75) is 33.7 Å². The van der Waals surface area contributed by atoms with E-state index < -0.39 is 5.91 Å². The molecule has 3 N–H and O–H groups in total. The summed E-state index contributed by atoms with van der Waals surface area (Å²) in [4.78, 5) is 10.9. The van der Waals surface area contributed by atoms with Gasteiger partial charge in [0, 0.05) is 6.04 Å². The van der Waals surface area contributed by atoms with Crippen LogP contribution in [0.3, 0.4) is 0 Å². The molecule has 1 amide bonds. The third-order valence-corrected chi connectivity index (χ3v) is 1.21. The average Bonchev–Trinajstić information content (AvgIpc) is 1.83. The Balaban J connectivity index is 4.34. The zero-order valence-electron chi connectivity index (χ0n) is 8.22. The van der Waals surface area contributed by atoms with Crippen molar-refractivity contribution in [3.8, 4) is 0 Å². The molecule has 0 spiro atoms. The first-order chi connectivity index (χ1) is 5.43. The normalized spacial score (nSPS) is 12.3. The number of amides is 1. The van der Waals surface area contributed by atoms with E-state index in [2.05, 4.69) is 5.32 Å². The summed E-state index contributed by atoms with van der Waals surface area (Å²) in [6.45, 7) is 7.95. The van der Waals surface area contributed by atoms with Gasteiger partial charge in [0.05, 0.1) is 5.70 Å². The Morgan fingerprint density at radius 2 is 1.83 bits per heavy atom. The second-order valence-corrected chi connectivity index (χ2v) is 3.49. The highest BCUT2D eigenvalue weighted by Crippen LogP contribution is 1.99. The first kappa shape index (κ1) is 11.0. The van der Waals surface area contributed by atoms with Crippen LogP contribution >= 0.6 is 0 Å². The van der Waals surface area contributed by atoms with E-state index in [0.717, 1.165) is 0 Å². The van der Waals surface area contributed by atoms with Crippen molar-refractivity contribution >= 4 is 5.91 Å². The average molecular weight is 170 g/mol. The maximum Gasteiger partial charge on any atom is 0.264 e. The van der Waals surface area contributed by atoms with Gasteiger partial charge in [-0.15, -0.1) is 0 Å². The van der Waals surface area contributed by atoms with Gasteiger partial charge in [0.1, 0.15) is 0 Å². The number of primary amides is 1. The van der Waals surface area contributed by atoms with Crippen molar-refractivity contribution in [2.75, 3.05) is 0 Å². The van der Waals surface area contributed by atoms with Gasteiger partial charge < -0.3 is 11.1 Å². The molecule has 0 saturated heterocycles. The van der Waals surface area contributed by atoms with Gasteiger partial charge in [0.15, 0.2) is 0 Å². The molecular formula is C9H18N2O. The van der Waals surface area contributed by atoms with Crippen LogP contribution in [0, 0.1) is 5.92 Å². The lowest BCUT2D eigenvalue weighted by molar-refractivity contribution is -0.115. The van der Waals surface area contributed by atoms with Crippen LogP contribution in [0.4, 0.5) is 0 Å². The Labute approximate surface area is 74.0 Å². The summed E-state index contributed by atoms with van der Waals surface area (Å²) in [5, 5.41) is 3.00. The van der Waals surface area contributed by atoms with Gasteiger partial charge in [-0.25, -0.2) is 0 Å². The number of allylic oxidation sites excluding steroid dienone is 1. The maximum absolute atomic E-state index is 10.9. The molecule has 0 fully saturated rings. The molecule has 0 heterocycles. The third-order valence-electron chi connectivity index (χ3n) is 1.21. The Bertz CT molecular complexity index is 183. The summed E-state index contributed by atoms with van der Waals surface area (Å²) in [5.41, 5.74) is 5.68. The van der Waals surface area contributed by atoms with Crippen LogP contribution < -0.4 is 11.1 Å². The van der Waals surface area contributed by atoms with Gasteiger partial charge in [-0.3, -0.25) is 4.79 Å². The molecular weight excluding hydrogens is 152 g/mol. The lowest BCUT2D eigenvalue weighted by Crippen LogP contribution is -2.31. The molecule has 0 radical (unpaired) electrons. The molecule has 0 rings (SSSR count). The lowest BCUT2D eigenvalue weighted by Gasteiger charge is -2.11. The molecule has 0 aliphatic rings. The highest BCUT2D eigenvalue weighted by molar-refractivity contribution is 5.91. The minimum absolute atomic E-state index is 0.238. The van der Waals surface area contributed by atoms with E-state index in [1.807, 2.05) is 33.8 Å². The number of hydrogen-bond acceptors (Lipinski definition) is 2. The number of nitrogens with one attached hydrogen (secondary N) is 1. The molecule has 0 bridgehead atoms. The minimum Gasteiger partial charge on any atom is -0.379 e. The number of hydrogen-bond donors (Lipinski definition) is 2. The summed E-state index contributed by atoms with van der Waals surface area (Å²) < 4.78 is 0. The van der Waals surface area contributed by atoms with E-state index in [1.54, 1.807) is 0 Å². The van der Waals surface area contributed by atoms with Crippen molar-refractivity contribution in [1.82, 2.24) is 5.32 Å². The van der Waals surface area contributed by atoms with Crippen LogP contribution in [0.25, 0.3) is 0 Å². The van der Waals surface area contributed by atoms with Crippen molar-refractivity contribution in [3.63, 3.8) is 0 Å². The summed E-state index contributed by atoms with van der Waals surface area (Å²) >= 11 is 0. The third kappa shape index (κ3) is 4.77. The minimum atomic E-state index is -0.391. The Kier molecular flexibility index (Phi) is 4.40. The summed E-state index contributed by atoms with van der Waals surface area (Å²) in [7, 11) is 0. The fourth-order valence-electron chi connectivity index (χ4n) is 0.846. The van der Waals surface area contributed by atoms with E-state index in [1.165, 1.54) is 0 Å². The molecule has 70 valence electrons. The molecule has 3 heteroatoms. The highest BCUT2D eigenvalue weighted by Gasteiger charge is 2.05. The number of carbonyl (C=O) groups is 1. The molecule has 12 heavy (non-hydrogen) atoms. The quantitative estimate of drug-likeness (QED) is 0.619. The van der Waals surface area contributed by atoms with Gasteiger partial charge in [0.2, 0.25) is 0 Å². The fraction of sp³-hybridized carbons (Fsp3) is 0.667. The molecule has 0 aromatic rings. The van der Waals surface area contributed by atoms with Crippen LogP contribution in [0.1, 0.15) is 27.7 Å². The topological polar surface area (TPSA) is 55.1 Å². The Morgan fingerprint density at radius 3 is 2.08 bits per heavy atom. The van der Waals surface area contributed by atoms with Gasteiger partial charge >= 0.3 is 0 Å². The fourth-order valence-corrected chi connectivity index (χ4v) is 0.846. The second-order valence-electron chi connectivity index (χ2n) is 3.49. The molecule has 0 unspecified atom stereocenters. The Hall–Kier alpha value is -0.990. The van der Waals surface area contributed by atoms with Crippen molar-refractivity contribution in [3.05, 3.63) is 11.8 Å². The van der Waals surface area contributed by atoms with Crippen LogP contribution in [0.5, 0.6) is 0 Å². The van der Waals surface area contributed by atoms with Crippen molar-refractivity contribution < 1.29 is 4.79 Å². The first-order valence-electron chi connectivity index (χ1n) is 4.21. The zero-order valence-corrected chi connectivity index (χ0v) is 8.22. The van der Waals surface area contributed by atoms with Gasteiger partial charge in [-0.1, -0.05) is 19.9 Å². The zero-order chi connectivity index (χ0) is 9.72. The van der Waals surface area contributed by atoms with Crippen LogP contribution in [0.15, 0.2) is 11.8 Å². The molecule has 0 aliphatic carbocycles. The van der Waals surface area contributed by atoms with Crippen molar-refractivity contribution in [1.29, 1.82) is 0 Å². The van der Waals surface area contributed by atoms with Crippen molar-refractivity contribution in [2.24, 2.45) is 11.7 Å². The van der Waals surface area contributed by atoms with Gasteiger partial charge in [-0.05, 0) is 19.8 Å². The van der Waals surface area contributed by atoms with E-state index in [0.29, 0.717) is 11.6 Å². The first-order valence-corrected chi connectivity index (χ1v) is 4.21. The summed E-state index contributed by atoms with van der Waals surface area (Å²) in [6, 6.07) is 0.238. The predicted octanol–water partition coefficient (Wildman–Crippen LogP) is 1.01. The monoisotopic (exact) mass is 170 g/mol.